The normalized spacial score (nSPS) is 35.2. The summed E-state index contributed by atoms with van der Waals surface area (Å²) in [6.45, 7) is 2.34. The first-order valence-corrected chi connectivity index (χ1v) is 6.92. The lowest BCUT2D eigenvalue weighted by Crippen LogP contribution is -2.30. The van der Waals surface area contributed by atoms with Crippen LogP contribution in [0.5, 0.6) is 0 Å². The molecule has 2 aliphatic carbocycles. The van der Waals surface area contributed by atoms with Crippen molar-refractivity contribution in [3.8, 4) is 0 Å². The Hall–Kier alpha value is -0.340. The van der Waals surface area contributed by atoms with Gasteiger partial charge < -0.3 is 5.32 Å². The van der Waals surface area contributed by atoms with E-state index >= 15 is 0 Å². The van der Waals surface area contributed by atoms with Gasteiger partial charge in [-0.1, -0.05) is 0 Å². The van der Waals surface area contributed by atoms with Crippen LogP contribution in [0.25, 0.3) is 0 Å². The van der Waals surface area contributed by atoms with Crippen molar-refractivity contribution in [3.63, 3.8) is 0 Å². The fourth-order valence-corrected chi connectivity index (χ4v) is 4.22. The van der Waals surface area contributed by atoms with Gasteiger partial charge in [-0.15, -0.1) is 11.3 Å². The maximum absolute atomic E-state index is 3.45. The molecule has 1 heterocycles. The van der Waals surface area contributed by atoms with Crippen molar-refractivity contribution in [1.29, 1.82) is 0 Å². The number of thiophene rings is 1. The first kappa shape index (κ1) is 9.86. The maximum Gasteiger partial charge on any atom is 0.0108 e. The number of likely N-dealkylation sites (N-methyl/N-ethyl adjacent to an activating group) is 1. The quantitative estimate of drug-likeness (QED) is 0.809. The van der Waals surface area contributed by atoms with Crippen molar-refractivity contribution in [3.05, 3.63) is 21.9 Å². The van der Waals surface area contributed by atoms with E-state index in [1.807, 2.05) is 11.3 Å². The van der Waals surface area contributed by atoms with Crippen LogP contribution in [0.1, 0.15) is 36.1 Å². The molecule has 1 aromatic heterocycles. The van der Waals surface area contributed by atoms with Crippen LogP contribution in [0, 0.1) is 11.8 Å². The van der Waals surface area contributed by atoms with E-state index < -0.39 is 0 Å². The van der Waals surface area contributed by atoms with Gasteiger partial charge in [0.15, 0.2) is 0 Å². The molecule has 1 unspecified atom stereocenters. The maximum atomic E-state index is 3.45. The first-order chi connectivity index (χ1) is 7.31. The number of rotatable bonds is 2. The average molecular weight is 221 g/mol. The molecule has 3 rings (SSSR count). The Labute approximate surface area is 95.9 Å². The highest BCUT2D eigenvalue weighted by atomic mass is 32.1. The predicted octanol–water partition coefficient (Wildman–Crippen LogP) is 3.02. The summed E-state index contributed by atoms with van der Waals surface area (Å²) in [5.74, 6) is 2.79. The van der Waals surface area contributed by atoms with Gasteiger partial charge in [-0.2, -0.15) is 0 Å². The van der Waals surface area contributed by atoms with E-state index in [0.717, 1.165) is 17.8 Å². The summed E-state index contributed by atoms with van der Waals surface area (Å²) in [5, 5.41) is 5.74. The Balaban J connectivity index is 1.97. The molecule has 0 amide bonds. The van der Waals surface area contributed by atoms with E-state index in [0.29, 0.717) is 6.04 Å². The van der Waals surface area contributed by atoms with Gasteiger partial charge in [0.25, 0.3) is 0 Å². The van der Waals surface area contributed by atoms with E-state index in [1.54, 1.807) is 10.4 Å². The molecule has 1 saturated carbocycles. The molecular weight excluding hydrogens is 202 g/mol. The van der Waals surface area contributed by atoms with E-state index in [4.69, 9.17) is 0 Å². The van der Waals surface area contributed by atoms with Crippen LogP contribution in [-0.2, 0) is 6.42 Å². The Morgan fingerprint density at radius 1 is 1.53 bits per heavy atom. The highest BCUT2D eigenvalue weighted by Crippen LogP contribution is 2.55. The molecule has 0 radical (unpaired) electrons. The topological polar surface area (TPSA) is 12.0 Å². The molecule has 2 aliphatic rings. The summed E-state index contributed by atoms with van der Waals surface area (Å²) >= 11 is 1.97. The van der Waals surface area contributed by atoms with Crippen molar-refractivity contribution in [2.24, 2.45) is 11.8 Å². The monoisotopic (exact) mass is 221 g/mol. The number of aryl methyl sites for hydroxylation is 1. The van der Waals surface area contributed by atoms with Crippen LogP contribution in [0.4, 0.5) is 0 Å². The Bertz CT molecular complexity index is 357. The van der Waals surface area contributed by atoms with Gasteiger partial charge >= 0.3 is 0 Å². The Kier molecular flexibility index (Phi) is 2.37. The second kappa shape index (κ2) is 3.60. The zero-order valence-corrected chi connectivity index (χ0v) is 10.3. The van der Waals surface area contributed by atoms with E-state index in [1.165, 1.54) is 19.3 Å². The van der Waals surface area contributed by atoms with Crippen molar-refractivity contribution >= 4 is 11.3 Å². The number of fused-ring (bicyclic) bond motifs is 2. The standard InChI is InChI=1S/C13H19NS/c1-8(14-2)13-10-5-6-15-12(10)4-3-9-7-11(9)13/h5-6,8-9,11,13-14H,3-4,7H2,1-2H3/t8-,9-,11?,13-/m1/s1. The van der Waals surface area contributed by atoms with Gasteiger partial charge in [0.05, 0.1) is 0 Å². The second-order valence-corrected chi connectivity index (χ2v) is 6.10. The molecule has 15 heavy (non-hydrogen) atoms. The second-order valence-electron chi connectivity index (χ2n) is 5.10. The number of hydrogen-bond donors (Lipinski definition) is 1. The molecule has 0 aliphatic heterocycles. The van der Waals surface area contributed by atoms with Crippen molar-refractivity contribution < 1.29 is 0 Å². The lowest BCUT2D eigenvalue weighted by atomic mass is 9.88. The molecule has 0 bridgehead atoms. The van der Waals surface area contributed by atoms with Gasteiger partial charge in [-0.25, -0.2) is 0 Å². The van der Waals surface area contributed by atoms with Gasteiger partial charge in [0, 0.05) is 16.8 Å². The van der Waals surface area contributed by atoms with Gasteiger partial charge in [0.1, 0.15) is 0 Å². The van der Waals surface area contributed by atoms with Gasteiger partial charge in [-0.05, 0) is 62.1 Å². The zero-order chi connectivity index (χ0) is 10.4. The average Bonchev–Trinajstić information content (AvgIpc) is 2.89. The molecule has 1 aromatic rings. The molecule has 82 valence electrons. The van der Waals surface area contributed by atoms with Gasteiger partial charge in [-0.3, -0.25) is 0 Å². The molecule has 0 aromatic carbocycles. The third-order valence-corrected chi connectivity index (χ3v) is 5.31. The minimum atomic E-state index is 0.631. The molecule has 1 nitrogen and oxygen atoms in total. The van der Waals surface area contributed by atoms with Crippen LogP contribution in [0.2, 0.25) is 0 Å². The van der Waals surface area contributed by atoms with E-state index in [-0.39, 0.29) is 0 Å². The molecule has 1 fully saturated rings. The van der Waals surface area contributed by atoms with E-state index in [2.05, 4.69) is 30.7 Å². The summed E-state index contributed by atoms with van der Waals surface area (Å²) < 4.78 is 0. The largest absolute Gasteiger partial charge is 0.317 e. The SMILES string of the molecule is CN[C@H](C)[C@@H]1c2ccsc2CC[C@@H]2CC21. The lowest BCUT2D eigenvalue weighted by Gasteiger charge is -2.23. The third kappa shape index (κ3) is 1.55. The van der Waals surface area contributed by atoms with Crippen LogP contribution < -0.4 is 5.32 Å². The highest BCUT2D eigenvalue weighted by molar-refractivity contribution is 7.10. The Morgan fingerprint density at radius 2 is 2.40 bits per heavy atom. The molecule has 1 N–H and O–H groups in total. The smallest absolute Gasteiger partial charge is 0.0108 e. The van der Waals surface area contributed by atoms with E-state index in [9.17, 15) is 0 Å². The molecule has 4 atom stereocenters. The summed E-state index contributed by atoms with van der Waals surface area (Å²) in [6, 6.07) is 3.01. The fraction of sp³-hybridized carbons (Fsp3) is 0.692. The van der Waals surface area contributed by atoms with Crippen LogP contribution in [0.3, 0.4) is 0 Å². The highest BCUT2D eigenvalue weighted by Gasteiger charge is 2.47. The first-order valence-electron chi connectivity index (χ1n) is 6.04. The summed E-state index contributed by atoms with van der Waals surface area (Å²) in [6.07, 6.45) is 4.25. The molecule has 0 saturated heterocycles. The zero-order valence-electron chi connectivity index (χ0n) is 9.49. The van der Waals surface area contributed by atoms with Crippen molar-refractivity contribution in [2.75, 3.05) is 7.05 Å². The van der Waals surface area contributed by atoms with Crippen LogP contribution in [-0.4, -0.2) is 13.1 Å². The minimum absolute atomic E-state index is 0.631. The number of nitrogens with one attached hydrogen (secondary N) is 1. The van der Waals surface area contributed by atoms with Crippen LogP contribution in [0.15, 0.2) is 11.4 Å². The van der Waals surface area contributed by atoms with Crippen LogP contribution >= 0.6 is 11.3 Å². The predicted molar refractivity (Wildman–Crippen MR) is 65.5 cm³/mol. The molecule has 2 heteroatoms. The Morgan fingerprint density at radius 3 is 3.20 bits per heavy atom. The summed E-state index contributed by atoms with van der Waals surface area (Å²) in [7, 11) is 2.10. The van der Waals surface area contributed by atoms with Gasteiger partial charge in [0.2, 0.25) is 0 Å². The fourth-order valence-electron chi connectivity index (χ4n) is 3.26. The molecule has 0 spiro atoms. The summed E-state index contributed by atoms with van der Waals surface area (Å²) in [4.78, 5) is 1.66. The third-order valence-electron chi connectivity index (χ3n) is 4.31. The lowest BCUT2D eigenvalue weighted by molar-refractivity contribution is 0.437. The molecular formula is C13H19NS. The van der Waals surface area contributed by atoms with Crippen molar-refractivity contribution in [1.82, 2.24) is 5.32 Å². The number of hydrogen-bond acceptors (Lipinski definition) is 2. The minimum Gasteiger partial charge on any atom is -0.317 e. The van der Waals surface area contributed by atoms with Crippen molar-refractivity contribution in [2.45, 2.75) is 38.1 Å². The summed E-state index contributed by atoms with van der Waals surface area (Å²) in [5.41, 5.74) is 1.66.